The van der Waals surface area contributed by atoms with E-state index in [2.05, 4.69) is 4.99 Å². The third-order valence-electron chi connectivity index (χ3n) is 1.94. The van der Waals surface area contributed by atoms with Crippen LogP contribution in [0, 0.1) is 0 Å². The van der Waals surface area contributed by atoms with E-state index in [9.17, 15) is 0 Å². The molecule has 0 aliphatic carbocycles. The first-order chi connectivity index (χ1) is 6.40. The molecule has 1 N–H and O–H groups in total. The van der Waals surface area contributed by atoms with E-state index in [4.69, 9.17) is 5.11 Å². The number of aliphatic hydroxyl groups is 1. The van der Waals surface area contributed by atoms with E-state index in [1.807, 2.05) is 30.3 Å². The molecule has 0 aromatic heterocycles. The number of benzene rings is 1. The summed E-state index contributed by atoms with van der Waals surface area (Å²) in [4.78, 5) is 4.41. The Balaban J connectivity index is 2.19. The fourth-order valence-electron chi connectivity index (χ4n) is 1.25. The summed E-state index contributed by atoms with van der Waals surface area (Å²) in [6.07, 6.45) is 0. The normalized spacial score (nSPS) is 21.6. The van der Waals surface area contributed by atoms with Gasteiger partial charge in [-0.05, 0) is 0 Å². The van der Waals surface area contributed by atoms with E-state index in [-0.39, 0.29) is 12.6 Å². The van der Waals surface area contributed by atoms with E-state index < -0.39 is 0 Å². The molecule has 1 aliphatic heterocycles. The van der Waals surface area contributed by atoms with Crippen LogP contribution in [0.15, 0.2) is 35.3 Å². The molecule has 0 spiro atoms. The van der Waals surface area contributed by atoms with Crippen LogP contribution < -0.4 is 0 Å². The minimum atomic E-state index is 0.0974. The topological polar surface area (TPSA) is 32.6 Å². The second kappa shape index (κ2) is 3.94. The molecule has 13 heavy (non-hydrogen) atoms. The van der Waals surface area contributed by atoms with Gasteiger partial charge in [-0.3, -0.25) is 4.99 Å². The van der Waals surface area contributed by atoms with Gasteiger partial charge in [-0.15, -0.1) is 11.8 Å². The zero-order valence-electron chi connectivity index (χ0n) is 7.18. The van der Waals surface area contributed by atoms with Crippen molar-refractivity contribution < 1.29 is 5.11 Å². The van der Waals surface area contributed by atoms with Crippen molar-refractivity contribution >= 4 is 16.8 Å². The molecule has 1 unspecified atom stereocenters. The Labute approximate surface area is 81.7 Å². The standard InChI is InChI=1S/C10H11NOS/c12-6-9-7-13-10(11-9)8-4-2-1-3-5-8/h1-5,9,12H,6-7H2. The molecule has 68 valence electrons. The van der Waals surface area contributed by atoms with Crippen LogP contribution in [0.2, 0.25) is 0 Å². The first-order valence-corrected chi connectivity index (χ1v) is 5.25. The molecular weight excluding hydrogens is 182 g/mol. The molecule has 3 heteroatoms. The Hall–Kier alpha value is -0.800. The van der Waals surface area contributed by atoms with Gasteiger partial charge < -0.3 is 5.11 Å². The maximum Gasteiger partial charge on any atom is 0.0982 e. The van der Waals surface area contributed by atoms with Gasteiger partial charge in [0.2, 0.25) is 0 Å². The van der Waals surface area contributed by atoms with Gasteiger partial charge in [0.15, 0.2) is 0 Å². The summed E-state index contributed by atoms with van der Waals surface area (Å²) in [5.74, 6) is 0.903. The van der Waals surface area contributed by atoms with Crippen LogP contribution in [0.25, 0.3) is 0 Å². The highest BCUT2D eigenvalue weighted by Crippen LogP contribution is 2.22. The average molecular weight is 193 g/mol. The van der Waals surface area contributed by atoms with E-state index in [0.29, 0.717) is 0 Å². The minimum absolute atomic E-state index is 0.0974. The highest BCUT2D eigenvalue weighted by molar-refractivity contribution is 8.14. The zero-order chi connectivity index (χ0) is 9.10. The van der Waals surface area contributed by atoms with Crippen molar-refractivity contribution in [3.8, 4) is 0 Å². The Morgan fingerprint density at radius 2 is 2.15 bits per heavy atom. The molecule has 1 aromatic carbocycles. The summed E-state index contributed by atoms with van der Waals surface area (Å²) < 4.78 is 0. The van der Waals surface area contributed by atoms with Crippen molar-refractivity contribution in [2.75, 3.05) is 12.4 Å². The summed E-state index contributed by atoms with van der Waals surface area (Å²) in [6, 6.07) is 10.2. The Morgan fingerprint density at radius 1 is 1.38 bits per heavy atom. The molecule has 1 aromatic rings. The smallest absolute Gasteiger partial charge is 0.0982 e. The number of thioether (sulfide) groups is 1. The fraction of sp³-hybridized carbons (Fsp3) is 0.300. The van der Waals surface area contributed by atoms with E-state index in [1.54, 1.807) is 11.8 Å². The van der Waals surface area contributed by atoms with Crippen LogP contribution in [0.5, 0.6) is 0 Å². The predicted molar refractivity (Wildman–Crippen MR) is 56.3 cm³/mol. The fourth-order valence-corrected chi connectivity index (χ4v) is 2.30. The largest absolute Gasteiger partial charge is 0.394 e. The minimum Gasteiger partial charge on any atom is -0.394 e. The molecule has 2 nitrogen and oxygen atoms in total. The van der Waals surface area contributed by atoms with Crippen molar-refractivity contribution in [1.29, 1.82) is 0 Å². The summed E-state index contributed by atoms with van der Waals surface area (Å²) in [5, 5.41) is 9.97. The first kappa shape index (κ1) is 8.78. The third-order valence-corrected chi connectivity index (χ3v) is 3.11. The molecule has 0 radical (unpaired) electrons. The second-order valence-electron chi connectivity index (χ2n) is 2.95. The van der Waals surface area contributed by atoms with Crippen LogP contribution >= 0.6 is 11.8 Å². The SMILES string of the molecule is OCC1CSC(c2ccccc2)=N1. The molecule has 0 saturated heterocycles. The Bertz CT molecular complexity index is 310. The van der Waals surface area contributed by atoms with Crippen LogP contribution in [0.3, 0.4) is 0 Å². The molecule has 0 saturated carbocycles. The van der Waals surface area contributed by atoms with Crippen LogP contribution in [-0.4, -0.2) is 28.6 Å². The predicted octanol–water partition coefficient (Wildman–Crippen LogP) is 1.54. The van der Waals surface area contributed by atoms with Gasteiger partial charge in [-0.25, -0.2) is 0 Å². The van der Waals surface area contributed by atoms with Gasteiger partial charge in [0.1, 0.15) is 0 Å². The Kier molecular flexibility index (Phi) is 2.66. The first-order valence-electron chi connectivity index (χ1n) is 4.27. The van der Waals surface area contributed by atoms with Gasteiger partial charge in [-0.2, -0.15) is 0 Å². The molecule has 2 rings (SSSR count). The number of rotatable bonds is 2. The zero-order valence-corrected chi connectivity index (χ0v) is 8.00. The lowest BCUT2D eigenvalue weighted by Gasteiger charge is -1.97. The number of aliphatic imine (C=N–C) groups is 1. The van der Waals surface area contributed by atoms with Crippen molar-refractivity contribution in [2.24, 2.45) is 4.99 Å². The van der Waals surface area contributed by atoms with Crippen molar-refractivity contribution in [3.05, 3.63) is 35.9 Å². The lowest BCUT2D eigenvalue weighted by atomic mass is 10.2. The summed E-state index contributed by atoms with van der Waals surface area (Å²) in [5.41, 5.74) is 1.16. The number of aliphatic hydroxyl groups excluding tert-OH is 1. The summed E-state index contributed by atoms with van der Waals surface area (Å²) >= 11 is 1.72. The van der Waals surface area contributed by atoms with Gasteiger partial charge >= 0.3 is 0 Å². The summed E-state index contributed by atoms with van der Waals surface area (Å²) in [7, 11) is 0. The van der Waals surface area contributed by atoms with E-state index in [0.717, 1.165) is 16.4 Å². The summed E-state index contributed by atoms with van der Waals surface area (Å²) in [6.45, 7) is 0.156. The lowest BCUT2D eigenvalue weighted by Crippen LogP contribution is -2.08. The quantitative estimate of drug-likeness (QED) is 0.772. The molecule has 1 heterocycles. The van der Waals surface area contributed by atoms with Gasteiger partial charge in [0.25, 0.3) is 0 Å². The van der Waals surface area contributed by atoms with Crippen molar-refractivity contribution in [3.63, 3.8) is 0 Å². The van der Waals surface area contributed by atoms with E-state index >= 15 is 0 Å². The van der Waals surface area contributed by atoms with Crippen molar-refractivity contribution in [1.82, 2.24) is 0 Å². The second-order valence-corrected chi connectivity index (χ2v) is 3.96. The van der Waals surface area contributed by atoms with Crippen LogP contribution in [0.4, 0.5) is 0 Å². The monoisotopic (exact) mass is 193 g/mol. The number of hydrogen-bond acceptors (Lipinski definition) is 3. The highest BCUT2D eigenvalue weighted by atomic mass is 32.2. The molecular formula is C10H11NOS. The van der Waals surface area contributed by atoms with Crippen LogP contribution in [0.1, 0.15) is 5.56 Å². The molecule has 0 amide bonds. The van der Waals surface area contributed by atoms with Crippen LogP contribution in [-0.2, 0) is 0 Å². The molecule has 0 fully saturated rings. The number of nitrogens with zero attached hydrogens (tertiary/aromatic N) is 1. The maximum atomic E-state index is 8.91. The third kappa shape index (κ3) is 1.92. The molecule has 0 bridgehead atoms. The number of hydrogen-bond donors (Lipinski definition) is 1. The highest BCUT2D eigenvalue weighted by Gasteiger charge is 2.17. The lowest BCUT2D eigenvalue weighted by molar-refractivity contribution is 0.277. The van der Waals surface area contributed by atoms with Gasteiger partial charge in [0, 0.05) is 11.3 Å². The average Bonchev–Trinajstić information content (AvgIpc) is 2.67. The maximum absolute atomic E-state index is 8.91. The molecule has 1 atom stereocenters. The molecule has 1 aliphatic rings. The van der Waals surface area contributed by atoms with E-state index in [1.165, 1.54) is 0 Å². The Morgan fingerprint density at radius 3 is 2.77 bits per heavy atom. The van der Waals surface area contributed by atoms with Gasteiger partial charge in [-0.1, -0.05) is 30.3 Å². The van der Waals surface area contributed by atoms with Crippen molar-refractivity contribution in [2.45, 2.75) is 6.04 Å². The van der Waals surface area contributed by atoms with Gasteiger partial charge in [0.05, 0.1) is 17.7 Å².